The van der Waals surface area contributed by atoms with Gasteiger partial charge in [-0.3, -0.25) is 4.72 Å². The van der Waals surface area contributed by atoms with Crippen molar-refractivity contribution in [3.63, 3.8) is 0 Å². The van der Waals surface area contributed by atoms with Gasteiger partial charge in [0.2, 0.25) is 15.9 Å². The van der Waals surface area contributed by atoms with Crippen LogP contribution in [-0.2, 0) is 10.0 Å². The van der Waals surface area contributed by atoms with Gasteiger partial charge in [0.15, 0.2) is 0 Å². The number of hydrogen-bond acceptors (Lipinski definition) is 6. The van der Waals surface area contributed by atoms with Gasteiger partial charge in [-0.2, -0.15) is 5.26 Å². The second-order valence-corrected chi connectivity index (χ2v) is 10.9. The summed E-state index contributed by atoms with van der Waals surface area (Å²) >= 11 is 0. The number of nitrogens with zero attached hydrogens (tertiary/aromatic N) is 3. The Balaban J connectivity index is 1.57. The van der Waals surface area contributed by atoms with Crippen LogP contribution in [0, 0.1) is 18.3 Å². The highest BCUT2D eigenvalue weighted by Gasteiger charge is 2.30. The molecule has 8 nitrogen and oxygen atoms in total. The van der Waals surface area contributed by atoms with E-state index >= 15 is 0 Å². The summed E-state index contributed by atoms with van der Waals surface area (Å²) in [4.78, 5) is 4.20. The molecular formula is C27H27N5O3S. The number of ether oxygens (including phenoxy) is 1. The summed E-state index contributed by atoms with van der Waals surface area (Å²) in [5, 5.41) is 10.3. The summed E-state index contributed by atoms with van der Waals surface area (Å²) in [5.41, 5.74) is 12.0. The minimum atomic E-state index is -3.37. The molecule has 5 rings (SSSR count). The first-order valence-corrected chi connectivity index (χ1v) is 13.5. The molecule has 4 aromatic rings. The van der Waals surface area contributed by atoms with Crippen LogP contribution in [0.5, 0.6) is 11.6 Å². The third-order valence-corrected chi connectivity index (χ3v) is 7.75. The third kappa shape index (κ3) is 4.48. The van der Waals surface area contributed by atoms with Crippen LogP contribution in [0.3, 0.4) is 0 Å². The van der Waals surface area contributed by atoms with Gasteiger partial charge in [-0.25, -0.2) is 13.4 Å². The number of anilines is 2. The number of hydrogen-bond donors (Lipinski definition) is 2. The Labute approximate surface area is 210 Å². The second kappa shape index (κ2) is 9.21. The van der Waals surface area contributed by atoms with Gasteiger partial charge in [0.25, 0.3) is 0 Å². The van der Waals surface area contributed by atoms with E-state index in [2.05, 4.69) is 20.3 Å². The van der Waals surface area contributed by atoms with Crippen molar-refractivity contribution < 1.29 is 13.2 Å². The zero-order chi connectivity index (χ0) is 25.4. The van der Waals surface area contributed by atoms with E-state index in [1.54, 1.807) is 24.4 Å². The standard InChI is InChI=1S/C27H27N5O3S/c1-3-13-36(33,34)31-19-6-10-22(17(2)14-19)26-25(29)23-11-9-21(15-24(23)32(26)20-7-8-20)35-27-18(16-28)5-4-12-30-27/h4-6,9-12,14-15,20,31H,3,7-8,13,29H2,1-2H3. The summed E-state index contributed by atoms with van der Waals surface area (Å²) in [7, 11) is -3.37. The van der Waals surface area contributed by atoms with E-state index in [1.165, 1.54) is 0 Å². The third-order valence-electron chi connectivity index (χ3n) is 6.26. The summed E-state index contributed by atoms with van der Waals surface area (Å²) in [6.07, 6.45) is 4.24. The number of fused-ring (bicyclic) bond motifs is 1. The molecule has 0 saturated heterocycles. The number of aromatic nitrogens is 2. The predicted octanol–water partition coefficient (Wildman–Crippen LogP) is 5.74. The fraction of sp³-hybridized carbons (Fsp3) is 0.259. The van der Waals surface area contributed by atoms with Crippen LogP contribution in [0.1, 0.15) is 43.4 Å². The number of sulfonamides is 1. The van der Waals surface area contributed by atoms with Gasteiger partial charge < -0.3 is 15.0 Å². The number of nitriles is 1. The van der Waals surface area contributed by atoms with E-state index in [0.29, 0.717) is 35.2 Å². The molecule has 184 valence electrons. The van der Waals surface area contributed by atoms with Crippen LogP contribution in [-0.4, -0.2) is 23.7 Å². The monoisotopic (exact) mass is 501 g/mol. The van der Waals surface area contributed by atoms with Crippen LogP contribution in [0.4, 0.5) is 11.4 Å². The van der Waals surface area contributed by atoms with E-state index in [-0.39, 0.29) is 11.6 Å². The van der Waals surface area contributed by atoms with Gasteiger partial charge >= 0.3 is 0 Å². The van der Waals surface area contributed by atoms with Gasteiger partial charge in [0.05, 0.1) is 22.7 Å². The van der Waals surface area contributed by atoms with E-state index in [0.717, 1.165) is 40.6 Å². The lowest BCUT2D eigenvalue weighted by Crippen LogP contribution is -2.16. The van der Waals surface area contributed by atoms with Crippen molar-refractivity contribution in [1.82, 2.24) is 9.55 Å². The highest BCUT2D eigenvalue weighted by atomic mass is 32.2. The minimum Gasteiger partial charge on any atom is -0.438 e. The van der Waals surface area contributed by atoms with Crippen molar-refractivity contribution in [3.05, 3.63) is 65.9 Å². The number of pyridine rings is 1. The van der Waals surface area contributed by atoms with E-state index in [9.17, 15) is 13.7 Å². The highest BCUT2D eigenvalue weighted by molar-refractivity contribution is 7.92. The zero-order valence-electron chi connectivity index (χ0n) is 20.2. The van der Waals surface area contributed by atoms with Crippen LogP contribution < -0.4 is 15.2 Å². The minimum absolute atomic E-state index is 0.0788. The molecule has 0 bridgehead atoms. The van der Waals surface area contributed by atoms with Gasteiger partial charge in [-0.15, -0.1) is 0 Å². The molecule has 0 unspecified atom stereocenters. The molecule has 2 aromatic carbocycles. The molecule has 1 aliphatic carbocycles. The Bertz CT molecular complexity index is 1610. The average Bonchev–Trinajstić information content (AvgIpc) is 3.64. The molecule has 0 spiro atoms. The van der Waals surface area contributed by atoms with Crippen LogP contribution in [0.25, 0.3) is 22.2 Å². The summed E-state index contributed by atoms with van der Waals surface area (Å²) in [5.74, 6) is 0.908. The lowest BCUT2D eigenvalue weighted by Gasteiger charge is -2.15. The molecular weight excluding hydrogens is 474 g/mol. The lowest BCUT2D eigenvalue weighted by molar-refractivity contribution is 0.461. The maximum atomic E-state index is 12.2. The van der Waals surface area contributed by atoms with Crippen molar-refractivity contribution >= 4 is 32.3 Å². The molecule has 1 fully saturated rings. The molecule has 3 N–H and O–H groups in total. The smallest absolute Gasteiger partial charge is 0.237 e. The van der Waals surface area contributed by atoms with Crippen molar-refractivity contribution in [2.75, 3.05) is 16.2 Å². The molecule has 1 saturated carbocycles. The van der Waals surface area contributed by atoms with Crippen LogP contribution >= 0.6 is 0 Å². The van der Waals surface area contributed by atoms with E-state index in [4.69, 9.17) is 10.5 Å². The topological polar surface area (TPSA) is 123 Å². The summed E-state index contributed by atoms with van der Waals surface area (Å²) < 4.78 is 35.3. The Morgan fingerprint density at radius 1 is 1.22 bits per heavy atom. The fourth-order valence-electron chi connectivity index (χ4n) is 4.53. The second-order valence-electron chi connectivity index (χ2n) is 9.06. The maximum absolute atomic E-state index is 12.2. The number of rotatable bonds is 8. The van der Waals surface area contributed by atoms with Gasteiger partial charge in [0, 0.05) is 34.9 Å². The van der Waals surface area contributed by atoms with Crippen molar-refractivity contribution in [1.29, 1.82) is 5.26 Å². The molecule has 0 atom stereocenters. The molecule has 0 radical (unpaired) electrons. The number of benzene rings is 2. The molecule has 2 heterocycles. The van der Waals surface area contributed by atoms with Crippen molar-refractivity contribution in [3.8, 4) is 29.0 Å². The quantitative estimate of drug-likeness (QED) is 0.317. The Hall–Kier alpha value is -4.03. The SMILES string of the molecule is CCCS(=O)(=O)Nc1ccc(-c2c(N)c3ccc(Oc4ncccc4C#N)cc3n2C2CC2)c(C)c1. The first kappa shape index (κ1) is 23.7. The predicted molar refractivity (Wildman–Crippen MR) is 142 cm³/mol. The molecule has 0 amide bonds. The van der Waals surface area contributed by atoms with Crippen LogP contribution in [0.15, 0.2) is 54.7 Å². The van der Waals surface area contributed by atoms with Crippen molar-refractivity contribution in [2.45, 2.75) is 39.2 Å². The van der Waals surface area contributed by atoms with E-state index in [1.807, 2.05) is 44.2 Å². The van der Waals surface area contributed by atoms with E-state index < -0.39 is 10.0 Å². The molecule has 2 aromatic heterocycles. The van der Waals surface area contributed by atoms with Crippen molar-refractivity contribution in [2.24, 2.45) is 0 Å². The van der Waals surface area contributed by atoms with Gasteiger partial charge in [-0.05, 0) is 68.1 Å². The summed E-state index contributed by atoms with van der Waals surface area (Å²) in [6, 6.07) is 17.0. The van der Waals surface area contributed by atoms with Gasteiger partial charge in [-0.1, -0.05) is 13.0 Å². The Morgan fingerprint density at radius 3 is 2.72 bits per heavy atom. The first-order valence-electron chi connectivity index (χ1n) is 11.9. The first-order chi connectivity index (χ1) is 17.3. The summed E-state index contributed by atoms with van der Waals surface area (Å²) in [6.45, 7) is 3.79. The molecule has 0 aliphatic heterocycles. The van der Waals surface area contributed by atoms with Gasteiger partial charge in [0.1, 0.15) is 17.4 Å². The molecule has 9 heteroatoms. The van der Waals surface area contributed by atoms with Crippen LogP contribution in [0.2, 0.25) is 0 Å². The zero-order valence-corrected chi connectivity index (χ0v) is 21.0. The largest absolute Gasteiger partial charge is 0.438 e. The number of nitrogens with one attached hydrogen (secondary N) is 1. The molecule has 36 heavy (non-hydrogen) atoms. The Kier molecular flexibility index (Phi) is 6.06. The molecule has 1 aliphatic rings. The highest BCUT2D eigenvalue weighted by Crippen LogP contribution is 2.47. The number of nitrogens with two attached hydrogens (primary N) is 1. The number of aryl methyl sites for hydroxylation is 1. The maximum Gasteiger partial charge on any atom is 0.237 e. The normalized spacial score (nSPS) is 13.5. The fourth-order valence-corrected chi connectivity index (χ4v) is 5.65. The lowest BCUT2D eigenvalue weighted by atomic mass is 10.0. The number of nitrogen functional groups attached to an aromatic ring is 1. The average molecular weight is 502 g/mol. The Morgan fingerprint density at radius 2 is 2.03 bits per heavy atom.